The van der Waals surface area contributed by atoms with Crippen LogP contribution < -0.4 is 10.6 Å². The van der Waals surface area contributed by atoms with Crippen LogP contribution in [0.25, 0.3) is 11.1 Å². The highest BCUT2D eigenvalue weighted by Crippen LogP contribution is 2.48. The number of amides is 2. The van der Waals surface area contributed by atoms with Crippen LogP contribution in [0.1, 0.15) is 62.5 Å². The molecule has 180 valence electrons. The van der Waals surface area contributed by atoms with Crippen LogP contribution in [0.5, 0.6) is 0 Å². The molecular weight excluding hydrogens is 432 g/mol. The van der Waals surface area contributed by atoms with Gasteiger partial charge in [-0.15, -0.1) is 0 Å². The average Bonchev–Trinajstić information content (AvgIpc) is 3.48. The van der Waals surface area contributed by atoms with Gasteiger partial charge in [0.05, 0.1) is 0 Å². The fourth-order valence-electron chi connectivity index (χ4n) is 4.63. The summed E-state index contributed by atoms with van der Waals surface area (Å²) < 4.78 is 5.53. The summed E-state index contributed by atoms with van der Waals surface area (Å²) in [6.07, 6.45) is 3.42. The largest absolute Gasteiger partial charge is 0.481 e. The van der Waals surface area contributed by atoms with Gasteiger partial charge < -0.3 is 20.5 Å². The van der Waals surface area contributed by atoms with Gasteiger partial charge in [0.2, 0.25) is 5.91 Å². The van der Waals surface area contributed by atoms with E-state index in [2.05, 4.69) is 29.7 Å². The van der Waals surface area contributed by atoms with Crippen molar-refractivity contribution < 1.29 is 24.2 Å². The van der Waals surface area contributed by atoms with Crippen LogP contribution in [0, 0.1) is 5.41 Å². The summed E-state index contributed by atoms with van der Waals surface area (Å²) in [6.45, 7) is 2.87. The third-order valence-electron chi connectivity index (χ3n) is 6.96. The highest BCUT2D eigenvalue weighted by atomic mass is 16.5. The lowest BCUT2D eigenvalue weighted by atomic mass is 9.98. The van der Waals surface area contributed by atoms with E-state index < -0.39 is 18.1 Å². The van der Waals surface area contributed by atoms with Crippen LogP contribution in [0.15, 0.2) is 48.5 Å². The maximum absolute atomic E-state index is 12.6. The molecule has 1 fully saturated rings. The van der Waals surface area contributed by atoms with Crippen molar-refractivity contribution in [2.75, 3.05) is 13.2 Å². The van der Waals surface area contributed by atoms with Gasteiger partial charge in [-0.3, -0.25) is 9.59 Å². The number of carboxylic acids is 1. The van der Waals surface area contributed by atoms with Gasteiger partial charge in [0, 0.05) is 18.9 Å². The van der Waals surface area contributed by atoms with Crippen molar-refractivity contribution >= 4 is 18.0 Å². The summed E-state index contributed by atoms with van der Waals surface area (Å²) in [6, 6.07) is 15.1. The van der Waals surface area contributed by atoms with E-state index in [1.807, 2.05) is 36.4 Å². The van der Waals surface area contributed by atoms with Gasteiger partial charge in [0.1, 0.15) is 12.6 Å². The summed E-state index contributed by atoms with van der Waals surface area (Å²) in [7, 11) is 0. The standard InChI is InChI=1S/C27H32N2O5/c1-27(14-15-27)13-6-16-28-25(32)23(11-12-24(30)31)29-26(33)34-17-22-20-9-4-2-7-18(20)19-8-3-5-10-21(19)22/h2-5,7-10,22-23H,6,11-17H2,1H3,(H,28,32)(H,29,33)(H,30,31). The van der Waals surface area contributed by atoms with Crippen LogP contribution in [-0.4, -0.2) is 42.3 Å². The summed E-state index contributed by atoms with van der Waals surface area (Å²) >= 11 is 0. The number of ether oxygens (including phenoxy) is 1. The number of hydrogen-bond acceptors (Lipinski definition) is 4. The number of carbonyl (C=O) groups is 3. The van der Waals surface area contributed by atoms with Crippen molar-refractivity contribution in [1.29, 1.82) is 0 Å². The van der Waals surface area contributed by atoms with Crippen molar-refractivity contribution in [2.24, 2.45) is 5.41 Å². The van der Waals surface area contributed by atoms with Gasteiger partial charge in [0.25, 0.3) is 0 Å². The van der Waals surface area contributed by atoms with Gasteiger partial charge >= 0.3 is 12.1 Å². The molecule has 2 aromatic rings. The van der Waals surface area contributed by atoms with E-state index in [1.54, 1.807) is 0 Å². The zero-order valence-corrected chi connectivity index (χ0v) is 19.5. The highest BCUT2D eigenvalue weighted by Gasteiger charge is 2.36. The number of rotatable bonds is 11. The molecule has 4 rings (SSSR count). The number of carboxylic acid groups (broad SMARTS) is 1. The monoisotopic (exact) mass is 464 g/mol. The molecule has 0 spiro atoms. The minimum Gasteiger partial charge on any atom is -0.481 e. The molecule has 0 heterocycles. The first kappa shape index (κ1) is 23.8. The molecule has 34 heavy (non-hydrogen) atoms. The number of alkyl carbamates (subject to hydrolysis) is 1. The first-order valence-electron chi connectivity index (χ1n) is 12.0. The van der Waals surface area contributed by atoms with Gasteiger partial charge in [-0.2, -0.15) is 0 Å². The summed E-state index contributed by atoms with van der Waals surface area (Å²) in [5.41, 5.74) is 4.87. The number of fused-ring (bicyclic) bond motifs is 3. The molecule has 3 N–H and O–H groups in total. The molecule has 0 aromatic heterocycles. The zero-order valence-electron chi connectivity index (χ0n) is 19.5. The van der Waals surface area contributed by atoms with Gasteiger partial charge in [-0.1, -0.05) is 55.5 Å². The lowest BCUT2D eigenvalue weighted by molar-refractivity contribution is -0.137. The third kappa shape index (κ3) is 5.76. The molecule has 0 saturated heterocycles. The van der Waals surface area contributed by atoms with Crippen molar-refractivity contribution in [1.82, 2.24) is 10.6 Å². The van der Waals surface area contributed by atoms with E-state index in [1.165, 1.54) is 12.8 Å². The number of aliphatic carboxylic acids is 1. The molecule has 1 atom stereocenters. The Bertz CT molecular complexity index is 1020. The Morgan fingerprint density at radius 3 is 2.26 bits per heavy atom. The van der Waals surface area contributed by atoms with Crippen LogP contribution in [0.3, 0.4) is 0 Å². The van der Waals surface area contributed by atoms with Gasteiger partial charge in [0.15, 0.2) is 0 Å². The van der Waals surface area contributed by atoms with E-state index in [0.717, 1.165) is 35.1 Å². The van der Waals surface area contributed by atoms with Crippen LogP contribution in [-0.2, 0) is 14.3 Å². The predicted molar refractivity (Wildman–Crippen MR) is 128 cm³/mol. The fourth-order valence-corrected chi connectivity index (χ4v) is 4.63. The molecule has 2 aliphatic rings. The summed E-state index contributed by atoms with van der Waals surface area (Å²) in [4.78, 5) is 36.3. The van der Waals surface area contributed by atoms with E-state index in [0.29, 0.717) is 12.0 Å². The van der Waals surface area contributed by atoms with E-state index in [9.17, 15) is 14.4 Å². The smallest absolute Gasteiger partial charge is 0.407 e. The molecule has 0 aliphatic heterocycles. The molecule has 0 bridgehead atoms. The van der Waals surface area contributed by atoms with Crippen LogP contribution >= 0.6 is 0 Å². The molecule has 2 aliphatic carbocycles. The van der Waals surface area contributed by atoms with E-state index in [4.69, 9.17) is 9.84 Å². The number of nitrogens with one attached hydrogen (secondary N) is 2. The predicted octanol–water partition coefficient (Wildman–Crippen LogP) is 4.46. The fraction of sp³-hybridized carbons (Fsp3) is 0.444. The second-order valence-electron chi connectivity index (χ2n) is 9.66. The normalized spacial score (nSPS) is 16.1. The second-order valence-corrected chi connectivity index (χ2v) is 9.66. The van der Waals surface area contributed by atoms with Crippen LogP contribution in [0.2, 0.25) is 0 Å². The maximum atomic E-state index is 12.6. The third-order valence-corrected chi connectivity index (χ3v) is 6.96. The van der Waals surface area contributed by atoms with Crippen molar-refractivity contribution in [3.63, 3.8) is 0 Å². The second kappa shape index (κ2) is 10.3. The van der Waals surface area contributed by atoms with Gasteiger partial charge in [-0.25, -0.2) is 4.79 Å². The van der Waals surface area contributed by atoms with Crippen molar-refractivity contribution in [3.05, 3.63) is 59.7 Å². The topological polar surface area (TPSA) is 105 Å². The van der Waals surface area contributed by atoms with E-state index in [-0.39, 0.29) is 31.3 Å². The number of hydrogen-bond donors (Lipinski definition) is 3. The SMILES string of the molecule is CC1(CCCNC(=O)C(CCC(=O)O)NC(=O)OCC2c3ccccc3-c3ccccc32)CC1. The highest BCUT2D eigenvalue weighted by molar-refractivity contribution is 5.86. The first-order valence-corrected chi connectivity index (χ1v) is 12.0. The lowest BCUT2D eigenvalue weighted by Crippen LogP contribution is -2.47. The molecule has 1 saturated carbocycles. The number of carbonyl (C=O) groups excluding carboxylic acids is 2. The lowest BCUT2D eigenvalue weighted by Gasteiger charge is -2.19. The average molecular weight is 465 g/mol. The quantitative estimate of drug-likeness (QED) is 0.426. The van der Waals surface area contributed by atoms with Crippen LogP contribution in [0.4, 0.5) is 4.79 Å². The minimum atomic E-state index is -1.02. The Hall–Kier alpha value is -3.35. The Labute approximate surface area is 199 Å². The number of benzene rings is 2. The zero-order chi connectivity index (χ0) is 24.1. The molecule has 1 unspecified atom stereocenters. The summed E-state index contributed by atoms with van der Waals surface area (Å²) in [5.74, 6) is -1.49. The Balaban J connectivity index is 1.33. The minimum absolute atomic E-state index is 0.00305. The molecular formula is C27H32N2O5. The maximum Gasteiger partial charge on any atom is 0.407 e. The van der Waals surface area contributed by atoms with Crippen molar-refractivity contribution in [3.8, 4) is 11.1 Å². The Morgan fingerprint density at radius 1 is 1.06 bits per heavy atom. The molecule has 2 aromatic carbocycles. The molecule has 2 amide bonds. The molecule has 7 heteroatoms. The molecule has 7 nitrogen and oxygen atoms in total. The Morgan fingerprint density at radius 2 is 1.68 bits per heavy atom. The Kier molecular flexibility index (Phi) is 7.20. The summed E-state index contributed by atoms with van der Waals surface area (Å²) in [5, 5.41) is 14.5. The first-order chi connectivity index (χ1) is 16.4. The molecule has 0 radical (unpaired) electrons. The van der Waals surface area contributed by atoms with Crippen molar-refractivity contribution in [2.45, 2.75) is 57.4 Å². The van der Waals surface area contributed by atoms with Gasteiger partial charge in [-0.05, 0) is 59.8 Å². The van der Waals surface area contributed by atoms with E-state index >= 15 is 0 Å².